The van der Waals surface area contributed by atoms with Gasteiger partial charge in [-0.2, -0.15) is 0 Å². The van der Waals surface area contributed by atoms with Gasteiger partial charge in [-0.25, -0.2) is 4.98 Å². The van der Waals surface area contributed by atoms with Crippen molar-refractivity contribution >= 4 is 17.0 Å². The molecule has 1 aliphatic rings. The van der Waals surface area contributed by atoms with E-state index in [1.165, 1.54) is 19.0 Å². The van der Waals surface area contributed by atoms with Crippen LogP contribution in [0, 0.1) is 12.8 Å². The summed E-state index contributed by atoms with van der Waals surface area (Å²) in [6, 6.07) is 2.01. The van der Waals surface area contributed by atoms with Gasteiger partial charge in [0.15, 0.2) is 0 Å². The van der Waals surface area contributed by atoms with E-state index in [0.29, 0.717) is 17.2 Å². The van der Waals surface area contributed by atoms with Crippen molar-refractivity contribution in [3.8, 4) is 0 Å². The normalized spacial score (nSPS) is 16.8. The fraction of sp³-hybridized carbons (Fsp3) is 0.462. The van der Waals surface area contributed by atoms with Gasteiger partial charge in [0.2, 0.25) is 0 Å². The molecule has 18 heavy (non-hydrogen) atoms. The highest BCUT2D eigenvalue weighted by atomic mass is 16.5. The average Bonchev–Trinajstić information content (AvgIpc) is 3.15. The molecule has 0 aliphatic heterocycles. The number of carbonyl (C=O) groups excluding carboxylic acids is 1. The lowest BCUT2D eigenvalue weighted by atomic mass is 10.1. The minimum atomic E-state index is -0.0793. The summed E-state index contributed by atoms with van der Waals surface area (Å²) in [7, 11) is 0. The lowest BCUT2D eigenvalue weighted by Gasteiger charge is -2.12. The molecule has 2 aromatic heterocycles. The van der Waals surface area contributed by atoms with E-state index >= 15 is 0 Å². The predicted molar refractivity (Wildman–Crippen MR) is 66.2 cm³/mol. The number of nitrogens with one attached hydrogen (secondary N) is 1. The molecule has 94 valence electrons. The number of carbonyl (C=O) groups is 1. The molecule has 2 aromatic rings. The van der Waals surface area contributed by atoms with Gasteiger partial charge in [-0.15, -0.1) is 0 Å². The summed E-state index contributed by atoms with van der Waals surface area (Å²) in [4.78, 5) is 16.2. The third-order valence-corrected chi connectivity index (χ3v) is 3.46. The molecule has 1 saturated carbocycles. The summed E-state index contributed by atoms with van der Waals surface area (Å²) in [6.07, 6.45) is 3.95. The molecule has 2 heterocycles. The molecule has 1 amide bonds. The van der Waals surface area contributed by atoms with Gasteiger partial charge >= 0.3 is 0 Å². The summed E-state index contributed by atoms with van der Waals surface area (Å²) in [6.45, 7) is 3.88. The Kier molecular flexibility index (Phi) is 2.54. The van der Waals surface area contributed by atoms with Crippen LogP contribution in [0.5, 0.6) is 0 Å². The molecule has 0 bridgehead atoms. The smallest absolute Gasteiger partial charge is 0.257 e. The molecule has 1 fully saturated rings. The van der Waals surface area contributed by atoms with Gasteiger partial charge < -0.3 is 9.84 Å². The molecule has 0 spiro atoms. The molecule has 3 rings (SSSR count). The number of fused-ring (bicyclic) bond motifs is 1. The van der Waals surface area contributed by atoms with E-state index in [9.17, 15) is 4.79 Å². The SMILES string of the molecule is Cc1noc2ncc(C(=O)N[C@@H](C)C3CC3)cc12. The number of aryl methyl sites for hydroxylation is 1. The van der Waals surface area contributed by atoms with Gasteiger partial charge in [0.1, 0.15) is 0 Å². The van der Waals surface area contributed by atoms with Crippen LogP contribution in [0.4, 0.5) is 0 Å². The lowest BCUT2D eigenvalue weighted by molar-refractivity contribution is 0.0935. The Morgan fingerprint density at radius 2 is 2.33 bits per heavy atom. The van der Waals surface area contributed by atoms with Gasteiger partial charge in [-0.3, -0.25) is 4.79 Å². The van der Waals surface area contributed by atoms with E-state index in [2.05, 4.69) is 15.5 Å². The molecular formula is C13H15N3O2. The summed E-state index contributed by atoms with van der Waals surface area (Å²) in [5.74, 6) is 0.562. The van der Waals surface area contributed by atoms with Crippen LogP contribution in [0.25, 0.3) is 11.1 Å². The van der Waals surface area contributed by atoms with Gasteiger partial charge in [-0.1, -0.05) is 5.16 Å². The van der Waals surface area contributed by atoms with Crippen LogP contribution in [-0.4, -0.2) is 22.1 Å². The van der Waals surface area contributed by atoms with E-state index < -0.39 is 0 Å². The van der Waals surface area contributed by atoms with Crippen LogP contribution >= 0.6 is 0 Å². The van der Waals surface area contributed by atoms with Crippen molar-refractivity contribution in [1.82, 2.24) is 15.5 Å². The maximum Gasteiger partial charge on any atom is 0.257 e. The Balaban J connectivity index is 1.84. The minimum absolute atomic E-state index is 0.0793. The van der Waals surface area contributed by atoms with Gasteiger partial charge in [0.25, 0.3) is 11.6 Å². The predicted octanol–water partition coefficient (Wildman–Crippen LogP) is 2.06. The maximum atomic E-state index is 12.1. The Morgan fingerprint density at radius 3 is 3.06 bits per heavy atom. The van der Waals surface area contributed by atoms with Crippen molar-refractivity contribution in [2.24, 2.45) is 5.92 Å². The molecule has 0 saturated heterocycles. The number of amides is 1. The summed E-state index contributed by atoms with van der Waals surface area (Å²) in [5.41, 5.74) is 1.78. The number of aromatic nitrogens is 2. The lowest BCUT2D eigenvalue weighted by Crippen LogP contribution is -2.34. The van der Waals surface area contributed by atoms with Crippen LogP contribution in [0.15, 0.2) is 16.8 Å². The van der Waals surface area contributed by atoms with Crippen molar-refractivity contribution < 1.29 is 9.32 Å². The number of rotatable bonds is 3. The molecule has 1 N–H and O–H groups in total. The fourth-order valence-corrected chi connectivity index (χ4v) is 2.07. The number of pyridine rings is 1. The first-order valence-electron chi connectivity index (χ1n) is 6.18. The maximum absolute atomic E-state index is 12.1. The summed E-state index contributed by atoms with van der Waals surface area (Å²) >= 11 is 0. The molecule has 0 radical (unpaired) electrons. The highest BCUT2D eigenvalue weighted by Gasteiger charge is 2.29. The summed E-state index contributed by atoms with van der Waals surface area (Å²) < 4.78 is 5.02. The van der Waals surface area contributed by atoms with Gasteiger partial charge in [-0.05, 0) is 38.7 Å². The zero-order chi connectivity index (χ0) is 12.7. The van der Waals surface area contributed by atoms with E-state index in [4.69, 9.17) is 4.52 Å². The molecule has 1 aliphatic carbocycles. The monoisotopic (exact) mass is 245 g/mol. The van der Waals surface area contributed by atoms with Crippen molar-refractivity contribution in [2.45, 2.75) is 32.7 Å². The van der Waals surface area contributed by atoms with E-state index in [0.717, 1.165) is 11.1 Å². The third kappa shape index (κ3) is 1.96. The quantitative estimate of drug-likeness (QED) is 0.898. The van der Waals surface area contributed by atoms with E-state index in [1.807, 2.05) is 13.8 Å². The second-order valence-electron chi connectivity index (χ2n) is 4.94. The average molecular weight is 245 g/mol. The molecule has 0 aromatic carbocycles. The largest absolute Gasteiger partial charge is 0.349 e. The first-order chi connectivity index (χ1) is 8.65. The molecule has 1 atom stereocenters. The molecule has 5 heteroatoms. The topological polar surface area (TPSA) is 68.0 Å². The van der Waals surface area contributed by atoms with Crippen molar-refractivity contribution in [2.75, 3.05) is 0 Å². The second-order valence-corrected chi connectivity index (χ2v) is 4.94. The standard InChI is InChI=1S/C13H15N3O2/c1-7(9-3-4-9)15-12(17)10-5-11-8(2)16-18-13(11)14-6-10/h5-7,9H,3-4H2,1-2H3,(H,15,17)/t7-/m0/s1. The highest BCUT2D eigenvalue weighted by Crippen LogP contribution is 2.32. The third-order valence-electron chi connectivity index (χ3n) is 3.46. The Hall–Kier alpha value is -1.91. The first-order valence-corrected chi connectivity index (χ1v) is 6.18. The summed E-state index contributed by atoms with van der Waals surface area (Å²) in [5, 5.41) is 7.62. The Bertz CT molecular complexity index is 601. The zero-order valence-corrected chi connectivity index (χ0v) is 10.4. The Morgan fingerprint density at radius 1 is 1.56 bits per heavy atom. The minimum Gasteiger partial charge on any atom is -0.349 e. The van der Waals surface area contributed by atoms with Gasteiger partial charge in [0.05, 0.1) is 16.6 Å². The van der Waals surface area contributed by atoms with Crippen molar-refractivity contribution in [3.63, 3.8) is 0 Å². The van der Waals surface area contributed by atoms with Crippen LogP contribution in [0.3, 0.4) is 0 Å². The highest BCUT2D eigenvalue weighted by molar-refractivity contribution is 5.97. The van der Waals surface area contributed by atoms with E-state index in [-0.39, 0.29) is 11.9 Å². The number of hydrogen-bond donors (Lipinski definition) is 1. The van der Waals surface area contributed by atoms with Crippen LogP contribution in [0.2, 0.25) is 0 Å². The first kappa shape index (κ1) is 11.2. The molecule has 0 unspecified atom stereocenters. The van der Waals surface area contributed by atoms with Crippen LogP contribution < -0.4 is 5.32 Å². The van der Waals surface area contributed by atoms with Gasteiger partial charge in [0, 0.05) is 12.2 Å². The number of hydrogen-bond acceptors (Lipinski definition) is 4. The second kappa shape index (κ2) is 4.08. The van der Waals surface area contributed by atoms with Crippen LogP contribution in [0.1, 0.15) is 35.8 Å². The Labute approximate surface area is 105 Å². The fourth-order valence-electron chi connectivity index (χ4n) is 2.07. The van der Waals surface area contributed by atoms with Crippen molar-refractivity contribution in [1.29, 1.82) is 0 Å². The van der Waals surface area contributed by atoms with Crippen LogP contribution in [-0.2, 0) is 0 Å². The van der Waals surface area contributed by atoms with E-state index in [1.54, 1.807) is 6.07 Å². The van der Waals surface area contributed by atoms with Crippen molar-refractivity contribution in [3.05, 3.63) is 23.5 Å². The molecular weight excluding hydrogens is 230 g/mol. The number of nitrogens with zero attached hydrogens (tertiary/aromatic N) is 2. The zero-order valence-electron chi connectivity index (χ0n) is 10.4. The molecule has 5 nitrogen and oxygen atoms in total.